The molecule has 1 aliphatic rings. The Kier molecular flexibility index (Phi) is 6.73. The van der Waals surface area contributed by atoms with Gasteiger partial charge in [-0.05, 0) is 70.7 Å². The van der Waals surface area contributed by atoms with Crippen LogP contribution in [0.5, 0.6) is 0 Å². The zero-order valence-corrected chi connectivity index (χ0v) is 20.8. The van der Waals surface area contributed by atoms with E-state index in [-0.39, 0.29) is 24.1 Å². The van der Waals surface area contributed by atoms with Gasteiger partial charge in [0, 0.05) is 12.2 Å². The highest BCUT2D eigenvalue weighted by Crippen LogP contribution is 2.38. The van der Waals surface area contributed by atoms with Gasteiger partial charge >= 0.3 is 0 Å². The van der Waals surface area contributed by atoms with E-state index >= 15 is 0 Å². The van der Waals surface area contributed by atoms with Gasteiger partial charge in [-0.15, -0.1) is 0 Å². The monoisotopic (exact) mass is 494 g/mol. The molecule has 0 aromatic carbocycles. The average Bonchev–Trinajstić information content (AvgIpc) is 3.20. The molecule has 1 fully saturated rings. The van der Waals surface area contributed by atoms with Crippen LogP contribution in [-0.4, -0.2) is 60.7 Å². The smallest absolute Gasteiger partial charge is 0.255 e. The van der Waals surface area contributed by atoms with Crippen LogP contribution >= 0.6 is 0 Å². The first-order valence-electron chi connectivity index (χ1n) is 11.9. The number of hydrogen-bond donors (Lipinski definition) is 4. The van der Waals surface area contributed by atoms with Gasteiger partial charge in [-0.25, -0.2) is 8.91 Å². The second-order valence-corrected chi connectivity index (χ2v) is 10.5. The number of carbonyl (C=O) groups excluding carboxylic acids is 1. The van der Waals surface area contributed by atoms with E-state index in [1.807, 2.05) is 12.1 Å². The third kappa shape index (κ3) is 5.32. The minimum absolute atomic E-state index is 0.0499. The Morgan fingerprint density at radius 2 is 1.97 bits per heavy atom. The maximum atomic E-state index is 14.2. The van der Waals surface area contributed by atoms with Crippen molar-refractivity contribution >= 4 is 17.1 Å². The second kappa shape index (κ2) is 9.48. The van der Waals surface area contributed by atoms with E-state index in [1.54, 1.807) is 30.5 Å². The van der Waals surface area contributed by atoms with Crippen molar-refractivity contribution in [1.82, 2.24) is 19.9 Å². The van der Waals surface area contributed by atoms with Crippen LogP contribution in [0.4, 0.5) is 10.1 Å². The Labute approximate surface area is 209 Å². The highest BCUT2D eigenvalue weighted by Gasteiger charge is 2.39. The number of amides is 1. The number of fused-ring (bicyclic) bond motifs is 1. The molecule has 1 unspecified atom stereocenters. The minimum Gasteiger partial charge on any atom is -0.390 e. The molecule has 9 nitrogen and oxygen atoms in total. The Morgan fingerprint density at radius 1 is 1.25 bits per heavy atom. The molecule has 1 amide bonds. The fraction of sp³-hybridized carbons (Fsp3) is 0.462. The summed E-state index contributed by atoms with van der Waals surface area (Å²) < 4.78 is 15.9. The fourth-order valence-corrected chi connectivity index (χ4v) is 4.21. The number of carbonyl (C=O) groups is 1. The maximum absolute atomic E-state index is 14.2. The molecule has 3 aromatic heterocycles. The van der Waals surface area contributed by atoms with Gasteiger partial charge < -0.3 is 20.8 Å². The summed E-state index contributed by atoms with van der Waals surface area (Å²) in [5.74, 6) is -0.376. The molecule has 3 heterocycles. The van der Waals surface area contributed by atoms with Gasteiger partial charge in [0.05, 0.1) is 57.7 Å². The van der Waals surface area contributed by atoms with Crippen LogP contribution in [0.15, 0.2) is 36.7 Å². The zero-order valence-electron chi connectivity index (χ0n) is 20.8. The number of alkyl halides is 1. The number of aromatic nitrogens is 3. The van der Waals surface area contributed by atoms with Gasteiger partial charge in [-0.2, -0.15) is 10.4 Å². The van der Waals surface area contributed by atoms with E-state index in [1.165, 1.54) is 26.2 Å². The lowest BCUT2D eigenvalue weighted by molar-refractivity contribution is -0.0230. The van der Waals surface area contributed by atoms with Crippen molar-refractivity contribution in [2.75, 3.05) is 11.9 Å². The van der Waals surface area contributed by atoms with Gasteiger partial charge in [-0.1, -0.05) is 0 Å². The Bertz CT molecular complexity index is 1310. The Hall–Kier alpha value is -3.55. The number of aliphatic hydroxyl groups is 2. The summed E-state index contributed by atoms with van der Waals surface area (Å²) in [5, 5.41) is 39.5. The fourth-order valence-electron chi connectivity index (χ4n) is 4.21. The standard InChI is InChI=1S/C26H31FN6O3/c1-25(2,35)16-8-17(9-16)32-20-10-21(22-6-5-18-7-15(11-28)12-31-33(18)22)29-13-19(20)24(34)30-14-23(27)26(3,4)36/h5-7,10,12-13,16-17,23,35-36H,8-9,14H2,1-4H3,(H,29,32)(H,30,34). The summed E-state index contributed by atoms with van der Waals surface area (Å²) in [6, 6.07) is 9.25. The lowest BCUT2D eigenvalue weighted by Crippen LogP contribution is -2.46. The number of pyridine rings is 1. The number of hydrogen-bond acceptors (Lipinski definition) is 7. The summed E-state index contributed by atoms with van der Waals surface area (Å²) in [7, 11) is 0. The number of rotatable bonds is 8. The molecule has 0 radical (unpaired) electrons. The van der Waals surface area contributed by atoms with Crippen LogP contribution in [0.25, 0.3) is 16.9 Å². The number of nitrogens with one attached hydrogen (secondary N) is 2. The Morgan fingerprint density at radius 3 is 2.61 bits per heavy atom. The van der Waals surface area contributed by atoms with Crippen LogP contribution in [-0.2, 0) is 0 Å². The number of halogens is 1. The maximum Gasteiger partial charge on any atom is 0.255 e. The summed E-state index contributed by atoms with van der Waals surface area (Å²) in [5.41, 5.74) is 0.820. The highest BCUT2D eigenvalue weighted by atomic mass is 19.1. The van der Waals surface area contributed by atoms with E-state index in [0.717, 1.165) is 18.4 Å². The van der Waals surface area contributed by atoms with Crippen LogP contribution in [0, 0.1) is 17.2 Å². The lowest BCUT2D eigenvalue weighted by atomic mass is 9.71. The predicted molar refractivity (Wildman–Crippen MR) is 133 cm³/mol. The van der Waals surface area contributed by atoms with Crippen LogP contribution in [0.1, 0.15) is 56.5 Å². The average molecular weight is 495 g/mol. The molecule has 10 heteroatoms. The molecule has 1 atom stereocenters. The van der Waals surface area contributed by atoms with Gasteiger partial charge in [0.2, 0.25) is 0 Å². The van der Waals surface area contributed by atoms with E-state index < -0.39 is 23.3 Å². The molecule has 0 saturated heterocycles. The molecule has 4 N–H and O–H groups in total. The number of anilines is 1. The topological polar surface area (TPSA) is 136 Å². The van der Waals surface area contributed by atoms with Crippen molar-refractivity contribution in [2.24, 2.45) is 5.92 Å². The zero-order chi connectivity index (χ0) is 26.3. The van der Waals surface area contributed by atoms with Crippen molar-refractivity contribution in [2.45, 2.75) is 64.0 Å². The predicted octanol–water partition coefficient (Wildman–Crippen LogP) is 3.07. The summed E-state index contributed by atoms with van der Waals surface area (Å²) >= 11 is 0. The molecule has 4 rings (SSSR count). The summed E-state index contributed by atoms with van der Waals surface area (Å²) in [4.78, 5) is 17.4. The second-order valence-electron chi connectivity index (χ2n) is 10.5. The number of nitriles is 1. The molecule has 190 valence electrons. The van der Waals surface area contributed by atoms with E-state index in [9.17, 15) is 19.4 Å². The van der Waals surface area contributed by atoms with Crippen molar-refractivity contribution in [3.05, 3.63) is 47.8 Å². The molecular weight excluding hydrogens is 463 g/mol. The van der Waals surface area contributed by atoms with Gasteiger partial charge in [0.25, 0.3) is 5.91 Å². The third-order valence-electron chi connectivity index (χ3n) is 6.75. The van der Waals surface area contributed by atoms with Gasteiger partial charge in [0.15, 0.2) is 0 Å². The van der Waals surface area contributed by atoms with E-state index in [0.29, 0.717) is 22.6 Å². The number of nitrogens with zero attached hydrogens (tertiary/aromatic N) is 4. The van der Waals surface area contributed by atoms with Crippen molar-refractivity contribution in [3.63, 3.8) is 0 Å². The molecule has 0 spiro atoms. The molecule has 0 aliphatic heterocycles. The lowest BCUT2D eigenvalue weighted by Gasteiger charge is -2.43. The molecule has 1 aliphatic carbocycles. The van der Waals surface area contributed by atoms with E-state index in [2.05, 4.69) is 26.8 Å². The molecule has 36 heavy (non-hydrogen) atoms. The van der Waals surface area contributed by atoms with Crippen molar-refractivity contribution < 1.29 is 19.4 Å². The minimum atomic E-state index is -1.64. The first-order chi connectivity index (χ1) is 16.9. The third-order valence-corrected chi connectivity index (χ3v) is 6.75. The van der Waals surface area contributed by atoms with Crippen LogP contribution in [0.3, 0.4) is 0 Å². The normalized spacial score (nSPS) is 18.8. The van der Waals surface area contributed by atoms with Crippen LogP contribution in [0.2, 0.25) is 0 Å². The highest BCUT2D eigenvalue weighted by molar-refractivity contribution is 6.00. The Balaban J connectivity index is 1.63. The summed E-state index contributed by atoms with van der Waals surface area (Å²) in [6.45, 7) is 5.92. The molecule has 3 aromatic rings. The SMILES string of the molecule is CC(C)(O)C(F)CNC(=O)c1cnc(-c2ccc3cc(C#N)cnn23)cc1NC1CC(C(C)(C)O)C1. The summed E-state index contributed by atoms with van der Waals surface area (Å²) in [6.07, 6.45) is 2.73. The first kappa shape index (κ1) is 25.5. The molecule has 1 saturated carbocycles. The van der Waals surface area contributed by atoms with Crippen molar-refractivity contribution in [3.8, 4) is 17.5 Å². The van der Waals surface area contributed by atoms with E-state index in [4.69, 9.17) is 5.26 Å². The largest absolute Gasteiger partial charge is 0.390 e. The first-order valence-corrected chi connectivity index (χ1v) is 11.9. The quantitative estimate of drug-likeness (QED) is 0.378. The molecular formula is C26H31FN6O3. The van der Waals surface area contributed by atoms with Crippen molar-refractivity contribution in [1.29, 1.82) is 5.26 Å². The van der Waals surface area contributed by atoms with Gasteiger partial charge in [0.1, 0.15) is 12.2 Å². The van der Waals surface area contributed by atoms with Crippen LogP contribution < -0.4 is 10.6 Å². The van der Waals surface area contributed by atoms with Gasteiger partial charge in [-0.3, -0.25) is 9.78 Å². The molecule has 0 bridgehead atoms.